The van der Waals surface area contributed by atoms with Gasteiger partial charge in [0.1, 0.15) is 5.75 Å². The summed E-state index contributed by atoms with van der Waals surface area (Å²) < 4.78 is 12.1. The van der Waals surface area contributed by atoms with Crippen LogP contribution in [0, 0.1) is 0 Å². The van der Waals surface area contributed by atoms with Crippen molar-refractivity contribution < 1.29 is 9.47 Å². The maximum atomic E-state index is 5.77. The lowest BCUT2D eigenvalue weighted by Gasteiger charge is -2.22. The number of anilines is 1. The van der Waals surface area contributed by atoms with Crippen molar-refractivity contribution in [3.05, 3.63) is 18.2 Å². The minimum atomic E-state index is -0.0461. The first-order valence-electron chi connectivity index (χ1n) is 6.51. The van der Waals surface area contributed by atoms with Gasteiger partial charge in [-0.05, 0) is 38.0 Å². The van der Waals surface area contributed by atoms with Gasteiger partial charge in [-0.25, -0.2) is 4.98 Å². The van der Waals surface area contributed by atoms with Crippen molar-refractivity contribution in [2.75, 3.05) is 25.6 Å². The summed E-state index contributed by atoms with van der Waals surface area (Å²) in [5, 5.41) is 4.34. The van der Waals surface area contributed by atoms with Crippen LogP contribution in [0.2, 0.25) is 0 Å². The van der Waals surface area contributed by atoms with Crippen molar-refractivity contribution in [3.63, 3.8) is 0 Å². The summed E-state index contributed by atoms with van der Waals surface area (Å²) in [6.07, 6.45) is 2.26. The second-order valence-electron chi connectivity index (χ2n) is 5.11. The fourth-order valence-electron chi connectivity index (χ4n) is 2.35. The van der Waals surface area contributed by atoms with Gasteiger partial charge >= 0.3 is 0 Å². The van der Waals surface area contributed by atoms with Crippen molar-refractivity contribution in [2.45, 2.75) is 25.4 Å². The van der Waals surface area contributed by atoms with Gasteiger partial charge in [0.2, 0.25) is 0 Å². The molecule has 1 aromatic heterocycles. The smallest absolute Gasteiger partial charge is 0.183 e. The molecule has 0 spiro atoms. The fourth-order valence-corrected chi connectivity index (χ4v) is 3.24. The number of aromatic nitrogens is 1. The minimum Gasteiger partial charge on any atom is -0.497 e. The summed E-state index contributed by atoms with van der Waals surface area (Å²) in [7, 11) is 1.68. The Morgan fingerprint density at radius 2 is 2.42 bits per heavy atom. The van der Waals surface area contributed by atoms with Crippen LogP contribution in [0.25, 0.3) is 10.2 Å². The molecule has 1 aliphatic rings. The number of thiazole rings is 1. The normalized spacial score (nSPS) is 22.8. The predicted molar refractivity (Wildman–Crippen MR) is 78.3 cm³/mol. The van der Waals surface area contributed by atoms with Gasteiger partial charge in [-0.15, -0.1) is 0 Å². The largest absolute Gasteiger partial charge is 0.497 e. The van der Waals surface area contributed by atoms with Crippen LogP contribution in [0.3, 0.4) is 0 Å². The first-order chi connectivity index (χ1) is 9.18. The summed E-state index contributed by atoms with van der Waals surface area (Å²) in [5.74, 6) is 0.869. The third-order valence-electron chi connectivity index (χ3n) is 3.51. The molecule has 1 saturated heterocycles. The molecular weight excluding hydrogens is 260 g/mol. The number of ether oxygens (including phenoxy) is 2. The lowest BCUT2D eigenvalue weighted by Crippen LogP contribution is -2.32. The van der Waals surface area contributed by atoms with Crippen molar-refractivity contribution in [2.24, 2.45) is 0 Å². The average Bonchev–Trinajstić information content (AvgIpc) is 3.02. The summed E-state index contributed by atoms with van der Waals surface area (Å²) in [4.78, 5) is 4.58. The molecule has 4 nitrogen and oxygen atoms in total. The van der Waals surface area contributed by atoms with E-state index in [2.05, 4.69) is 17.2 Å². The van der Waals surface area contributed by atoms with Gasteiger partial charge in [0, 0.05) is 13.2 Å². The van der Waals surface area contributed by atoms with Crippen LogP contribution in [0.5, 0.6) is 5.75 Å². The zero-order valence-corrected chi connectivity index (χ0v) is 12.0. The van der Waals surface area contributed by atoms with Gasteiger partial charge in [0.05, 0.1) is 22.9 Å². The van der Waals surface area contributed by atoms with Crippen LogP contribution in [0.15, 0.2) is 18.2 Å². The Morgan fingerprint density at radius 3 is 3.16 bits per heavy atom. The van der Waals surface area contributed by atoms with Crippen LogP contribution in [-0.2, 0) is 4.74 Å². The molecule has 0 amide bonds. The van der Waals surface area contributed by atoms with Crippen LogP contribution >= 0.6 is 11.3 Å². The molecule has 3 rings (SSSR count). The van der Waals surface area contributed by atoms with E-state index in [1.807, 2.05) is 18.2 Å². The zero-order valence-electron chi connectivity index (χ0n) is 11.2. The molecule has 1 aromatic carbocycles. The van der Waals surface area contributed by atoms with Crippen molar-refractivity contribution in [1.82, 2.24) is 4.98 Å². The Labute approximate surface area is 116 Å². The van der Waals surface area contributed by atoms with E-state index in [4.69, 9.17) is 9.47 Å². The minimum absolute atomic E-state index is 0.0461. The monoisotopic (exact) mass is 278 g/mol. The van der Waals surface area contributed by atoms with Gasteiger partial charge in [0.15, 0.2) is 5.13 Å². The highest BCUT2D eigenvalue weighted by atomic mass is 32.1. The number of rotatable bonds is 4. The topological polar surface area (TPSA) is 43.4 Å². The van der Waals surface area contributed by atoms with Gasteiger partial charge in [0.25, 0.3) is 0 Å². The summed E-state index contributed by atoms with van der Waals surface area (Å²) in [5.41, 5.74) is 0.959. The quantitative estimate of drug-likeness (QED) is 0.932. The summed E-state index contributed by atoms with van der Waals surface area (Å²) in [6.45, 7) is 3.84. The van der Waals surface area contributed by atoms with Gasteiger partial charge in [-0.2, -0.15) is 0 Å². The maximum Gasteiger partial charge on any atom is 0.183 e. The fraction of sp³-hybridized carbons (Fsp3) is 0.500. The highest BCUT2D eigenvalue weighted by molar-refractivity contribution is 7.22. The Hall–Kier alpha value is -1.33. The number of methoxy groups -OCH3 is 1. The molecule has 2 aromatic rings. The van der Waals surface area contributed by atoms with E-state index in [-0.39, 0.29) is 5.60 Å². The first-order valence-corrected chi connectivity index (χ1v) is 7.33. The number of nitrogens with one attached hydrogen (secondary N) is 1. The Bertz CT molecular complexity index is 576. The number of hydrogen-bond acceptors (Lipinski definition) is 5. The number of hydrogen-bond donors (Lipinski definition) is 1. The van der Waals surface area contributed by atoms with Gasteiger partial charge in [-0.3, -0.25) is 0 Å². The second-order valence-corrected chi connectivity index (χ2v) is 6.14. The highest BCUT2D eigenvalue weighted by Gasteiger charge is 2.29. The zero-order chi connectivity index (χ0) is 13.3. The summed E-state index contributed by atoms with van der Waals surface area (Å²) in [6, 6.07) is 5.95. The molecule has 2 heterocycles. The number of benzene rings is 1. The molecule has 5 heteroatoms. The van der Waals surface area contributed by atoms with Gasteiger partial charge in [-0.1, -0.05) is 11.3 Å². The van der Waals surface area contributed by atoms with Crippen LogP contribution < -0.4 is 10.1 Å². The standard InChI is InChI=1S/C14H18N2O2S/c1-14(6-3-7-18-14)9-15-13-16-11-5-4-10(17-2)8-12(11)19-13/h4-5,8H,3,6-7,9H2,1-2H3,(H,15,16). The molecule has 0 bridgehead atoms. The van der Waals surface area contributed by atoms with E-state index >= 15 is 0 Å². The molecule has 1 N–H and O–H groups in total. The lowest BCUT2D eigenvalue weighted by molar-refractivity contribution is 0.0315. The lowest BCUT2D eigenvalue weighted by atomic mass is 10.0. The van der Waals surface area contributed by atoms with Crippen LogP contribution in [-0.4, -0.2) is 30.8 Å². The molecular formula is C14H18N2O2S. The van der Waals surface area contributed by atoms with Crippen LogP contribution in [0.4, 0.5) is 5.13 Å². The van der Waals surface area contributed by atoms with E-state index < -0.39 is 0 Å². The Kier molecular flexibility index (Phi) is 3.33. The Morgan fingerprint density at radius 1 is 1.53 bits per heavy atom. The maximum absolute atomic E-state index is 5.77. The van der Waals surface area contributed by atoms with Crippen molar-refractivity contribution >= 4 is 26.7 Å². The summed E-state index contributed by atoms with van der Waals surface area (Å²) >= 11 is 1.65. The van der Waals surface area contributed by atoms with E-state index in [0.29, 0.717) is 0 Å². The van der Waals surface area contributed by atoms with Crippen molar-refractivity contribution in [1.29, 1.82) is 0 Å². The third kappa shape index (κ3) is 2.67. The number of fused-ring (bicyclic) bond motifs is 1. The van der Waals surface area contributed by atoms with Crippen LogP contribution in [0.1, 0.15) is 19.8 Å². The first kappa shape index (κ1) is 12.7. The molecule has 1 fully saturated rings. The van der Waals surface area contributed by atoms with Crippen molar-refractivity contribution in [3.8, 4) is 5.75 Å². The molecule has 0 radical (unpaired) electrons. The third-order valence-corrected chi connectivity index (χ3v) is 4.49. The second kappa shape index (κ2) is 4.98. The van der Waals surface area contributed by atoms with E-state index in [9.17, 15) is 0 Å². The molecule has 0 aliphatic carbocycles. The molecule has 1 aliphatic heterocycles. The molecule has 1 atom stereocenters. The highest BCUT2D eigenvalue weighted by Crippen LogP contribution is 2.31. The SMILES string of the molecule is COc1ccc2nc(NCC3(C)CCCO3)sc2c1. The molecule has 1 unspecified atom stereocenters. The van der Waals surface area contributed by atoms with E-state index in [1.54, 1.807) is 18.4 Å². The number of nitrogens with zero attached hydrogens (tertiary/aromatic N) is 1. The molecule has 102 valence electrons. The van der Waals surface area contributed by atoms with E-state index in [1.165, 1.54) is 0 Å². The molecule has 0 saturated carbocycles. The molecule has 19 heavy (non-hydrogen) atoms. The van der Waals surface area contributed by atoms with Gasteiger partial charge < -0.3 is 14.8 Å². The Balaban J connectivity index is 1.74. The predicted octanol–water partition coefficient (Wildman–Crippen LogP) is 3.29. The average molecular weight is 278 g/mol. The van der Waals surface area contributed by atoms with E-state index in [0.717, 1.165) is 47.1 Å².